The SMILES string of the molecule is Cc1cc(C)cc(NC(=O)NCCNS(=O)(=O)c2ccc(-c3ccccc3Oc3ccc([N+](=O)[O-])c([N+](=O)[O-])c3)s2)c1. The Balaban J connectivity index is 1.40. The Labute approximate surface area is 244 Å². The third kappa shape index (κ3) is 7.45. The molecule has 13 nitrogen and oxygen atoms in total. The number of carbonyl (C=O) groups is 1. The summed E-state index contributed by atoms with van der Waals surface area (Å²) in [6.07, 6.45) is 0. The van der Waals surface area contributed by atoms with Crippen molar-refractivity contribution < 1.29 is 27.8 Å². The number of urea groups is 1. The Bertz CT molecular complexity index is 1750. The third-order valence-corrected chi connectivity index (χ3v) is 8.82. The fourth-order valence-corrected chi connectivity index (χ4v) is 6.43. The van der Waals surface area contributed by atoms with Crippen LogP contribution in [-0.4, -0.2) is 37.4 Å². The van der Waals surface area contributed by atoms with Crippen molar-refractivity contribution in [1.29, 1.82) is 0 Å². The van der Waals surface area contributed by atoms with Crippen LogP contribution in [0.1, 0.15) is 11.1 Å². The molecule has 0 fully saturated rings. The smallest absolute Gasteiger partial charge is 0.349 e. The van der Waals surface area contributed by atoms with Crippen molar-refractivity contribution in [2.24, 2.45) is 0 Å². The molecule has 4 aromatic rings. The molecule has 0 saturated carbocycles. The number of aryl methyl sites for hydroxylation is 2. The van der Waals surface area contributed by atoms with Gasteiger partial charge in [0.2, 0.25) is 10.0 Å². The highest BCUT2D eigenvalue weighted by molar-refractivity contribution is 7.91. The number of anilines is 1. The van der Waals surface area contributed by atoms with Gasteiger partial charge in [-0.05, 0) is 67.4 Å². The summed E-state index contributed by atoms with van der Waals surface area (Å²) in [4.78, 5) is 33.4. The van der Waals surface area contributed by atoms with Gasteiger partial charge in [0.25, 0.3) is 0 Å². The van der Waals surface area contributed by atoms with E-state index in [0.29, 0.717) is 16.1 Å². The van der Waals surface area contributed by atoms with Gasteiger partial charge in [-0.3, -0.25) is 20.2 Å². The van der Waals surface area contributed by atoms with Crippen molar-refractivity contribution in [2.75, 3.05) is 18.4 Å². The second kappa shape index (κ2) is 12.8. The zero-order valence-corrected chi connectivity index (χ0v) is 24.0. The average Bonchev–Trinajstić information content (AvgIpc) is 3.42. The topological polar surface area (TPSA) is 183 Å². The van der Waals surface area contributed by atoms with Crippen LogP contribution in [0.3, 0.4) is 0 Å². The van der Waals surface area contributed by atoms with Crippen LogP contribution in [0, 0.1) is 34.1 Å². The van der Waals surface area contributed by atoms with Crippen LogP contribution >= 0.6 is 11.3 Å². The van der Waals surface area contributed by atoms with Crippen LogP contribution in [0.15, 0.2) is 77.0 Å². The third-order valence-electron chi connectivity index (χ3n) is 5.75. The molecule has 0 aliphatic heterocycles. The van der Waals surface area contributed by atoms with Gasteiger partial charge in [0.15, 0.2) is 0 Å². The number of benzene rings is 3. The Kier molecular flexibility index (Phi) is 9.15. The zero-order valence-electron chi connectivity index (χ0n) is 22.3. The molecular formula is C27H25N5O8S2. The van der Waals surface area contributed by atoms with Crippen molar-refractivity contribution in [3.05, 3.63) is 104 Å². The fraction of sp³-hybridized carbons (Fsp3) is 0.148. The Morgan fingerprint density at radius 1 is 0.881 bits per heavy atom. The van der Waals surface area contributed by atoms with Crippen LogP contribution in [-0.2, 0) is 10.0 Å². The molecule has 3 aromatic carbocycles. The van der Waals surface area contributed by atoms with E-state index in [4.69, 9.17) is 4.74 Å². The Hall–Kier alpha value is -4.86. The molecule has 0 saturated heterocycles. The molecule has 0 bridgehead atoms. The molecule has 2 amide bonds. The average molecular weight is 612 g/mol. The summed E-state index contributed by atoms with van der Waals surface area (Å²) < 4.78 is 34.0. The van der Waals surface area contributed by atoms with E-state index in [1.807, 2.05) is 32.0 Å². The maximum absolute atomic E-state index is 12.9. The van der Waals surface area contributed by atoms with Crippen molar-refractivity contribution >= 4 is 44.5 Å². The maximum atomic E-state index is 12.9. The molecule has 4 rings (SSSR count). The summed E-state index contributed by atoms with van der Waals surface area (Å²) in [5.74, 6) is 0.262. The molecular weight excluding hydrogens is 586 g/mol. The minimum Gasteiger partial charge on any atom is -0.456 e. The summed E-state index contributed by atoms with van der Waals surface area (Å²) in [6, 6.07) is 18.0. The van der Waals surface area contributed by atoms with E-state index in [-0.39, 0.29) is 28.8 Å². The van der Waals surface area contributed by atoms with E-state index in [1.165, 1.54) is 12.1 Å². The van der Waals surface area contributed by atoms with E-state index in [2.05, 4.69) is 15.4 Å². The standard InChI is InChI=1S/C27H25N5O8S2/c1-17-13-18(2)15-19(14-17)30-27(33)28-11-12-29-42(38,39)26-10-9-25(41-26)21-5-3-4-6-24(21)40-20-7-8-22(31(34)35)23(16-20)32(36)37/h3-10,13-16,29H,11-12H2,1-2H3,(H2,28,30,33). The molecule has 3 N–H and O–H groups in total. The van der Waals surface area contributed by atoms with Gasteiger partial charge in [-0.25, -0.2) is 17.9 Å². The first-order valence-corrected chi connectivity index (χ1v) is 14.7. The van der Waals surface area contributed by atoms with E-state index >= 15 is 0 Å². The number of amides is 2. The van der Waals surface area contributed by atoms with E-state index in [9.17, 15) is 33.4 Å². The first-order valence-electron chi connectivity index (χ1n) is 12.4. The zero-order chi connectivity index (χ0) is 30.4. The molecule has 1 heterocycles. The number of ether oxygens (including phenoxy) is 1. The highest BCUT2D eigenvalue weighted by atomic mass is 32.2. The number of sulfonamides is 1. The van der Waals surface area contributed by atoms with Crippen LogP contribution in [0.2, 0.25) is 0 Å². The van der Waals surface area contributed by atoms with Gasteiger partial charge in [0, 0.05) is 35.3 Å². The number of nitro groups is 2. The summed E-state index contributed by atoms with van der Waals surface area (Å²) in [7, 11) is -3.90. The van der Waals surface area contributed by atoms with Gasteiger partial charge in [-0.15, -0.1) is 11.3 Å². The lowest BCUT2D eigenvalue weighted by Gasteiger charge is -2.10. The van der Waals surface area contributed by atoms with Crippen LogP contribution < -0.4 is 20.1 Å². The molecule has 0 aliphatic carbocycles. The molecule has 0 atom stereocenters. The molecule has 218 valence electrons. The predicted octanol–water partition coefficient (Wildman–Crippen LogP) is 5.74. The van der Waals surface area contributed by atoms with Gasteiger partial charge in [-0.1, -0.05) is 18.2 Å². The molecule has 1 aromatic heterocycles. The lowest BCUT2D eigenvalue weighted by molar-refractivity contribution is -0.422. The highest BCUT2D eigenvalue weighted by Gasteiger charge is 2.25. The fourth-order valence-electron chi connectivity index (χ4n) is 4.02. The molecule has 0 aliphatic rings. The molecule has 0 spiro atoms. The predicted molar refractivity (Wildman–Crippen MR) is 158 cm³/mol. The number of nitrogens with zero attached hydrogens (tertiary/aromatic N) is 2. The number of hydrogen-bond acceptors (Lipinski definition) is 9. The van der Waals surface area contributed by atoms with Crippen LogP contribution in [0.4, 0.5) is 21.9 Å². The lowest BCUT2D eigenvalue weighted by Crippen LogP contribution is -2.36. The number of hydrogen-bond donors (Lipinski definition) is 3. The number of thiophene rings is 1. The summed E-state index contributed by atoms with van der Waals surface area (Å²) >= 11 is 0.973. The van der Waals surface area contributed by atoms with Crippen LogP contribution in [0.25, 0.3) is 10.4 Å². The number of nitrogens with one attached hydrogen (secondary N) is 3. The van der Waals surface area contributed by atoms with Crippen molar-refractivity contribution in [3.8, 4) is 21.9 Å². The molecule has 0 unspecified atom stereocenters. The van der Waals surface area contributed by atoms with Crippen LogP contribution in [0.5, 0.6) is 11.5 Å². The first kappa shape index (κ1) is 30.1. The highest BCUT2D eigenvalue weighted by Crippen LogP contribution is 2.39. The summed E-state index contributed by atoms with van der Waals surface area (Å²) in [5.41, 5.74) is 1.75. The van der Waals surface area contributed by atoms with E-state index < -0.39 is 37.3 Å². The molecule has 15 heteroatoms. The van der Waals surface area contributed by atoms with Gasteiger partial charge in [0.1, 0.15) is 15.7 Å². The quantitative estimate of drug-likeness (QED) is 0.109. The van der Waals surface area contributed by atoms with Crippen molar-refractivity contribution in [3.63, 3.8) is 0 Å². The van der Waals surface area contributed by atoms with E-state index in [0.717, 1.165) is 34.6 Å². The Morgan fingerprint density at radius 3 is 2.26 bits per heavy atom. The number of carbonyl (C=O) groups excluding carboxylic acids is 1. The Morgan fingerprint density at radius 2 is 1.57 bits per heavy atom. The maximum Gasteiger partial charge on any atom is 0.349 e. The first-order chi connectivity index (χ1) is 19.9. The second-order valence-electron chi connectivity index (χ2n) is 9.04. The minimum atomic E-state index is -3.90. The lowest BCUT2D eigenvalue weighted by atomic mass is 10.1. The molecule has 42 heavy (non-hydrogen) atoms. The largest absolute Gasteiger partial charge is 0.456 e. The number of para-hydroxylation sites is 1. The van der Waals surface area contributed by atoms with E-state index in [1.54, 1.807) is 30.3 Å². The number of nitro benzene ring substituents is 2. The monoisotopic (exact) mass is 611 g/mol. The summed E-state index contributed by atoms with van der Waals surface area (Å²) in [5, 5.41) is 27.7. The normalized spacial score (nSPS) is 11.1. The minimum absolute atomic E-state index is 0.000104. The van der Waals surface area contributed by atoms with Gasteiger partial charge in [-0.2, -0.15) is 0 Å². The van der Waals surface area contributed by atoms with Gasteiger partial charge in [0.05, 0.1) is 15.9 Å². The van der Waals surface area contributed by atoms with Crippen molar-refractivity contribution in [2.45, 2.75) is 18.1 Å². The second-order valence-corrected chi connectivity index (χ2v) is 12.1. The van der Waals surface area contributed by atoms with Gasteiger partial charge >= 0.3 is 17.4 Å². The number of rotatable bonds is 11. The summed E-state index contributed by atoms with van der Waals surface area (Å²) in [6.45, 7) is 3.83. The van der Waals surface area contributed by atoms with Gasteiger partial charge < -0.3 is 15.4 Å². The van der Waals surface area contributed by atoms with Crippen molar-refractivity contribution in [1.82, 2.24) is 10.0 Å². The molecule has 0 radical (unpaired) electrons.